The van der Waals surface area contributed by atoms with Crippen LogP contribution in [0.4, 0.5) is 0 Å². The average Bonchev–Trinajstić information content (AvgIpc) is 3.09. The first-order valence-electron chi connectivity index (χ1n) is 7.97. The second-order valence-corrected chi connectivity index (χ2v) is 5.49. The van der Waals surface area contributed by atoms with Gasteiger partial charge in [0.2, 0.25) is 0 Å². The van der Waals surface area contributed by atoms with Gasteiger partial charge in [-0.2, -0.15) is 5.10 Å². The largest absolute Gasteiger partial charge is 0.497 e. The number of aromatic amines is 1. The molecule has 0 bridgehead atoms. The number of fused-ring (bicyclic) bond motifs is 1. The predicted octanol–water partition coefficient (Wildman–Crippen LogP) is 2.06. The molecule has 26 heavy (non-hydrogen) atoms. The number of hydrazone groups is 1. The van der Waals surface area contributed by atoms with Crippen LogP contribution in [0.15, 0.2) is 59.8 Å². The average molecular weight is 350 g/mol. The lowest BCUT2D eigenvalue weighted by Gasteiger charge is -2.05. The van der Waals surface area contributed by atoms with Crippen molar-refractivity contribution in [2.45, 2.75) is 0 Å². The van der Waals surface area contributed by atoms with Crippen LogP contribution in [0.5, 0.6) is 5.75 Å². The van der Waals surface area contributed by atoms with E-state index in [1.54, 1.807) is 37.6 Å². The maximum absolute atomic E-state index is 12.0. The summed E-state index contributed by atoms with van der Waals surface area (Å²) < 4.78 is 5.03. The second-order valence-electron chi connectivity index (χ2n) is 5.49. The van der Waals surface area contributed by atoms with E-state index < -0.39 is 5.91 Å². The number of nitrogens with one attached hydrogen (secondary N) is 3. The fraction of sp³-hybridized carbons (Fsp3) is 0.105. The van der Waals surface area contributed by atoms with Gasteiger partial charge in [-0.25, -0.2) is 5.43 Å². The summed E-state index contributed by atoms with van der Waals surface area (Å²) >= 11 is 0. The summed E-state index contributed by atoms with van der Waals surface area (Å²) in [5.74, 6) is -0.0997. The lowest BCUT2D eigenvalue weighted by atomic mass is 10.2. The number of benzene rings is 2. The third kappa shape index (κ3) is 4.07. The van der Waals surface area contributed by atoms with Crippen molar-refractivity contribution in [1.82, 2.24) is 15.7 Å². The Kier molecular flexibility index (Phi) is 5.28. The molecule has 132 valence electrons. The van der Waals surface area contributed by atoms with Gasteiger partial charge >= 0.3 is 0 Å². The van der Waals surface area contributed by atoms with Gasteiger partial charge in [0.05, 0.1) is 19.9 Å². The number of hydrogen-bond donors (Lipinski definition) is 3. The summed E-state index contributed by atoms with van der Waals surface area (Å²) in [4.78, 5) is 26.9. The quantitative estimate of drug-likeness (QED) is 0.469. The number of carbonyl (C=O) groups excluding carboxylic acids is 2. The molecule has 7 nitrogen and oxygen atoms in total. The Hall–Kier alpha value is -3.61. The fourth-order valence-electron chi connectivity index (χ4n) is 2.42. The normalized spacial score (nSPS) is 10.8. The van der Waals surface area contributed by atoms with Crippen LogP contribution in [0.2, 0.25) is 0 Å². The van der Waals surface area contributed by atoms with Gasteiger partial charge in [0.1, 0.15) is 5.75 Å². The van der Waals surface area contributed by atoms with E-state index in [4.69, 9.17) is 4.74 Å². The summed E-state index contributed by atoms with van der Waals surface area (Å²) in [6.45, 7) is -0.171. The van der Waals surface area contributed by atoms with Gasteiger partial charge < -0.3 is 15.0 Å². The molecule has 0 fully saturated rings. The van der Waals surface area contributed by atoms with Crippen molar-refractivity contribution in [3.8, 4) is 5.75 Å². The highest BCUT2D eigenvalue weighted by Crippen LogP contribution is 2.15. The van der Waals surface area contributed by atoms with Crippen LogP contribution < -0.4 is 15.5 Å². The van der Waals surface area contributed by atoms with E-state index in [1.807, 2.05) is 30.5 Å². The fourth-order valence-corrected chi connectivity index (χ4v) is 2.42. The molecule has 0 aliphatic heterocycles. The van der Waals surface area contributed by atoms with Gasteiger partial charge in [-0.1, -0.05) is 18.2 Å². The van der Waals surface area contributed by atoms with Gasteiger partial charge in [0.15, 0.2) is 0 Å². The zero-order valence-electron chi connectivity index (χ0n) is 14.2. The SMILES string of the molecule is COc1ccc(C(=O)NCC(=O)NN=Cc2c[nH]c3ccccc23)cc1. The molecular weight excluding hydrogens is 332 g/mol. The predicted molar refractivity (Wildman–Crippen MR) is 99.4 cm³/mol. The summed E-state index contributed by atoms with van der Waals surface area (Å²) in [7, 11) is 1.55. The molecule has 1 aromatic heterocycles. The lowest BCUT2D eigenvalue weighted by molar-refractivity contribution is -0.120. The van der Waals surface area contributed by atoms with Crippen molar-refractivity contribution in [1.29, 1.82) is 0 Å². The van der Waals surface area contributed by atoms with Gasteiger partial charge in [-0.15, -0.1) is 0 Å². The number of para-hydroxylation sites is 1. The number of methoxy groups -OCH3 is 1. The Bertz CT molecular complexity index is 945. The number of aromatic nitrogens is 1. The summed E-state index contributed by atoms with van der Waals surface area (Å²) in [6, 6.07) is 14.4. The van der Waals surface area contributed by atoms with Crippen molar-refractivity contribution in [3.63, 3.8) is 0 Å². The summed E-state index contributed by atoms with van der Waals surface area (Å²) in [5.41, 5.74) is 4.69. The van der Waals surface area contributed by atoms with E-state index in [9.17, 15) is 9.59 Å². The van der Waals surface area contributed by atoms with Gasteiger partial charge in [0.25, 0.3) is 11.8 Å². The van der Waals surface area contributed by atoms with Gasteiger partial charge in [-0.3, -0.25) is 9.59 Å². The van der Waals surface area contributed by atoms with E-state index >= 15 is 0 Å². The molecular formula is C19H18N4O3. The van der Waals surface area contributed by atoms with Gasteiger partial charge in [0, 0.05) is 28.2 Å². The standard InChI is InChI=1S/C19H18N4O3/c1-26-15-8-6-13(7-9-15)19(25)21-12-18(24)23-22-11-14-10-20-17-5-3-2-4-16(14)17/h2-11,20H,12H2,1H3,(H,21,25)(H,23,24). The van der Waals surface area contributed by atoms with Crippen molar-refractivity contribution >= 4 is 28.9 Å². The van der Waals surface area contributed by atoms with E-state index in [-0.39, 0.29) is 12.5 Å². The van der Waals surface area contributed by atoms with Crippen LogP contribution in [0, 0.1) is 0 Å². The molecule has 0 saturated heterocycles. The zero-order valence-corrected chi connectivity index (χ0v) is 14.2. The monoisotopic (exact) mass is 350 g/mol. The Balaban J connectivity index is 1.50. The Morgan fingerprint density at radius 3 is 2.69 bits per heavy atom. The molecule has 0 atom stereocenters. The molecule has 1 heterocycles. The van der Waals surface area contributed by atoms with Crippen LogP contribution in [-0.4, -0.2) is 36.7 Å². The van der Waals surface area contributed by atoms with E-state index in [0.29, 0.717) is 11.3 Å². The number of amides is 2. The third-order valence-electron chi connectivity index (χ3n) is 3.78. The van der Waals surface area contributed by atoms with Crippen molar-refractivity contribution in [3.05, 3.63) is 65.9 Å². The van der Waals surface area contributed by atoms with Crippen LogP contribution in [0.3, 0.4) is 0 Å². The van der Waals surface area contributed by atoms with E-state index in [0.717, 1.165) is 16.5 Å². The molecule has 2 aromatic carbocycles. The number of H-pyrrole nitrogens is 1. The first-order chi connectivity index (χ1) is 12.7. The molecule has 7 heteroatoms. The minimum atomic E-state index is -0.414. The maximum atomic E-state index is 12.0. The van der Waals surface area contributed by atoms with E-state index in [2.05, 4.69) is 20.8 Å². The number of nitrogens with zero attached hydrogens (tertiary/aromatic N) is 1. The van der Waals surface area contributed by atoms with Gasteiger partial charge in [-0.05, 0) is 30.3 Å². The molecule has 0 unspecified atom stereocenters. The minimum Gasteiger partial charge on any atom is -0.497 e. The van der Waals surface area contributed by atoms with E-state index in [1.165, 1.54) is 0 Å². The Morgan fingerprint density at radius 1 is 1.15 bits per heavy atom. The Morgan fingerprint density at radius 2 is 1.92 bits per heavy atom. The molecule has 0 radical (unpaired) electrons. The van der Waals surface area contributed by atoms with Crippen molar-refractivity contribution in [2.75, 3.05) is 13.7 Å². The number of rotatable bonds is 6. The first-order valence-corrected chi connectivity index (χ1v) is 7.97. The lowest BCUT2D eigenvalue weighted by Crippen LogP contribution is -2.34. The smallest absolute Gasteiger partial charge is 0.259 e. The number of carbonyl (C=O) groups is 2. The van der Waals surface area contributed by atoms with Crippen molar-refractivity contribution in [2.24, 2.45) is 5.10 Å². The second kappa shape index (κ2) is 7.98. The summed E-state index contributed by atoms with van der Waals surface area (Å²) in [6.07, 6.45) is 3.37. The summed E-state index contributed by atoms with van der Waals surface area (Å²) in [5, 5.41) is 7.47. The topological polar surface area (TPSA) is 95.6 Å². The molecule has 0 aliphatic carbocycles. The number of hydrogen-bond acceptors (Lipinski definition) is 4. The highest BCUT2D eigenvalue weighted by Gasteiger charge is 2.07. The first kappa shape index (κ1) is 17.2. The molecule has 2 amide bonds. The molecule has 3 N–H and O–H groups in total. The molecule has 0 spiro atoms. The van der Waals surface area contributed by atoms with Crippen LogP contribution in [0.1, 0.15) is 15.9 Å². The number of ether oxygens (including phenoxy) is 1. The highest BCUT2D eigenvalue weighted by molar-refractivity contribution is 5.99. The van der Waals surface area contributed by atoms with Crippen LogP contribution in [-0.2, 0) is 4.79 Å². The molecule has 0 saturated carbocycles. The molecule has 0 aliphatic rings. The van der Waals surface area contributed by atoms with Crippen LogP contribution in [0.25, 0.3) is 10.9 Å². The molecule has 3 aromatic rings. The minimum absolute atomic E-state index is 0.171. The van der Waals surface area contributed by atoms with Crippen molar-refractivity contribution < 1.29 is 14.3 Å². The molecule has 3 rings (SSSR count). The Labute approximate surface area is 150 Å². The maximum Gasteiger partial charge on any atom is 0.259 e. The highest BCUT2D eigenvalue weighted by atomic mass is 16.5. The third-order valence-corrected chi connectivity index (χ3v) is 3.78. The zero-order chi connectivity index (χ0) is 18.4. The van der Waals surface area contributed by atoms with Crippen LogP contribution >= 0.6 is 0 Å².